The first-order valence-corrected chi connectivity index (χ1v) is 6.12. The van der Waals surface area contributed by atoms with Crippen LogP contribution in [0.1, 0.15) is 33.1 Å². The van der Waals surface area contributed by atoms with E-state index >= 15 is 0 Å². The van der Waals surface area contributed by atoms with Gasteiger partial charge in [-0.3, -0.25) is 0 Å². The van der Waals surface area contributed by atoms with E-state index in [9.17, 15) is 0 Å². The Morgan fingerprint density at radius 1 is 1.27 bits per heavy atom. The van der Waals surface area contributed by atoms with Crippen molar-refractivity contribution in [3.05, 3.63) is 0 Å². The van der Waals surface area contributed by atoms with Gasteiger partial charge < -0.3 is 15.0 Å². The summed E-state index contributed by atoms with van der Waals surface area (Å²) in [6.07, 6.45) is 3.93. The molecule has 0 fully saturated rings. The van der Waals surface area contributed by atoms with Crippen LogP contribution in [0, 0.1) is 0 Å². The predicted octanol–water partition coefficient (Wildman–Crippen LogP) is 1.73. The van der Waals surface area contributed by atoms with E-state index in [1.807, 2.05) is 0 Å². The lowest BCUT2D eigenvalue weighted by Gasteiger charge is -2.23. The molecule has 0 aliphatic rings. The molecule has 0 amide bonds. The van der Waals surface area contributed by atoms with Crippen molar-refractivity contribution in [1.82, 2.24) is 10.2 Å². The van der Waals surface area contributed by atoms with E-state index < -0.39 is 0 Å². The van der Waals surface area contributed by atoms with E-state index in [-0.39, 0.29) is 0 Å². The molecule has 0 rings (SSSR count). The Balaban J connectivity index is 3.26. The van der Waals surface area contributed by atoms with Crippen LogP contribution in [-0.2, 0) is 4.74 Å². The minimum atomic E-state index is 0.507. The molecule has 0 saturated carbocycles. The molecule has 0 saturated heterocycles. The molecule has 3 nitrogen and oxygen atoms in total. The third-order valence-electron chi connectivity index (χ3n) is 2.76. The molecule has 0 aliphatic heterocycles. The van der Waals surface area contributed by atoms with Gasteiger partial charge >= 0.3 is 0 Å². The van der Waals surface area contributed by atoms with E-state index in [0.29, 0.717) is 6.04 Å². The van der Waals surface area contributed by atoms with Crippen LogP contribution in [-0.4, -0.2) is 51.3 Å². The Bertz CT molecular complexity index is 131. The van der Waals surface area contributed by atoms with Crippen LogP contribution >= 0.6 is 0 Å². The number of ether oxygens (including phenoxy) is 1. The minimum absolute atomic E-state index is 0.507. The molecule has 1 atom stereocenters. The topological polar surface area (TPSA) is 24.5 Å². The summed E-state index contributed by atoms with van der Waals surface area (Å²) in [5, 5.41) is 3.47. The van der Waals surface area contributed by atoms with Crippen LogP contribution in [0.5, 0.6) is 0 Å². The van der Waals surface area contributed by atoms with Crippen LogP contribution in [0.25, 0.3) is 0 Å². The number of unbranched alkanes of at least 4 members (excludes halogenated alkanes) is 2. The third kappa shape index (κ3) is 8.85. The highest BCUT2D eigenvalue weighted by Gasteiger charge is 2.07. The molecule has 1 N–H and O–H groups in total. The molecular formula is C12H28N2O. The Kier molecular flexibility index (Phi) is 10.3. The Labute approximate surface area is 95.2 Å². The monoisotopic (exact) mass is 216 g/mol. The molecule has 0 aliphatic carbocycles. The van der Waals surface area contributed by atoms with Crippen molar-refractivity contribution < 1.29 is 4.74 Å². The summed E-state index contributed by atoms with van der Waals surface area (Å²) in [6, 6.07) is 0.507. The first kappa shape index (κ1) is 14.9. The summed E-state index contributed by atoms with van der Waals surface area (Å²) in [5.74, 6) is 0. The summed E-state index contributed by atoms with van der Waals surface area (Å²) in [5.41, 5.74) is 0. The number of hydrogen-bond donors (Lipinski definition) is 1. The molecule has 0 heterocycles. The van der Waals surface area contributed by atoms with E-state index in [1.54, 1.807) is 7.11 Å². The SMILES string of the molecule is CCCCCNCCN(C)C(C)COC. The van der Waals surface area contributed by atoms with Gasteiger partial charge in [-0.25, -0.2) is 0 Å². The molecule has 0 aromatic heterocycles. The van der Waals surface area contributed by atoms with Crippen LogP contribution in [0.4, 0.5) is 0 Å². The maximum absolute atomic E-state index is 5.12. The lowest BCUT2D eigenvalue weighted by atomic mass is 10.2. The van der Waals surface area contributed by atoms with Crippen LogP contribution in [0.2, 0.25) is 0 Å². The van der Waals surface area contributed by atoms with Crippen molar-refractivity contribution in [3.63, 3.8) is 0 Å². The van der Waals surface area contributed by atoms with Crippen molar-refractivity contribution in [1.29, 1.82) is 0 Å². The second-order valence-electron chi connectivity index (χ2n) is 4.24. The first-order valence-electron chi connectivity index (χ1n) is 6.12. The lowest BCUT2D eigenvalue weighted by molar-refractivity contribution is 0.116. The zero-order chi connectivity index (χ0) is 11.5. The largest absolute Gasteiger partial charge is 0.383 e. The average molecular weight is 216 g/mol. The summed E-state index contributed by atoms with van der Waals surface area (Å²) >= 11 is 0. The molecule has 1 unspecified atom stereocenters. The fourth-order valence-corrected chi connectivity index (χ4v) is 1.47. The van der Waals surface area contributed by atoms with Crippen LogP contribution < -0.4 is 5.32 Å². The molecule has 0 aromatic rings. The Morgan fingerprint density at radius 3 is 2.60 bits per heavy atom. The van der Waals surface area contributed by atoms with Gasteiger partial charge in [0.2, 0.25) is 0 Å². The van der Waals surface area contributed by atoms with Crippen molar-refractivity contribution in [3.8, 4) is 0 Å². The van der Waals surface area contributed by atoms with E-state index in [2.05, 4.69) is 31.1 Å². The summed E-state index contributed by atoms with van der Waals surface area (Å²) in [4.78, 5) is 2.33. The fraction of sp³-hybridized carbons (Fsp3) is 1.00. The highest BCUT2D eigenvalue weighted by atomic mass is 16.5. The molecular weight excluding hydrogens is 188 g/mol. The van der Waals surface area contributed by atoms with Crippen molar-refractivity contribution >= 4 is 0 Å². The van der Waals surface area contributed by atoms with Crippen LogP contribution in [0.3, 0.4) is 0 Å². The summed E-state index contributed by atoms with van der Waals surface area (Å²) < 4.78 is 5.12. The molecule has 0 spiro atoms. The second kappa shape index (κ2) is 10.4. The highest BCUT2D eigenvalue weighted by molar-refractivity contribution is 4.63. The smallest absolute Gasteiger partial charge is 0.0615 e. The van der Waals surface area contributed by atoms with E-state index in [4.69, 9.17) is 4.74 Å². The fourth-order valence-electron chi connectivity index (χ4n) is 1.47. The van der Waals surface area contributed by atoms with Crippen LogP contribution in [0.15, 0.2) is 0 Å². The number of hydrogen-bond acceptors (Lipinski definition) is 3. The van der Waals surface area contributed by atoms with Gasteiger partial charge in [-0.2, -0.15) is 0 Å². The molecule has 0 aromatic carbocycles. The van der Waals surface area contributed by atoms with Crippen molar-refractivity contribution in [2.45, 2.75) is 39.2 Å². The highest BCUT2D eigenvalue weighted by Crippen LogP contribution is 1.95. The zero-order valence-electron chi connectivity index (χ0n) is 10.9. The number of methoxy groups -OCH3 is 1. The number of nitrogens with zero attached hydrogens (tertiary/aromatic N) is 1. The first-order chi connectivity index (χ1) is 7.22. The maximum Gasteiger partial charge on any atom is 0.0615 e. The standard InChI is InChI=1S/C12H28N2O/c1-5-6-7-8-13-9-10-14(3)12(2)11-15-4/h12-13H,5-11H2,1-4H3. The lowest BCUT2D eigenvalue weighted by Crippen LogP contribution is -2.37. The predicted molar refractivity (Wildman–Crippen MR) is 66.4 cm³/mol. The third-order valence-corrected chi connectivity index (χ3v) is 2.76. The summed E-state index contributed by atoms with van der Waals surface area (Å²) in [7, 11) is 3.91. The van der Waals surface area contributed by atoms with Gasteiger partial charge in [0.25, 0.3) is 0 Å². The van der Waals surface area contributed by atoms with Gasteiger partial charge in [-0.1, -0.05) is 19.8 Å². The van der Waals surface area contributed by atoms with Gasteiger partial charge in [-0.15, -0.1) is 0 Å². The van der Waals surface area contributed by atoms with Gasteiger partial charge in [0.15, 0.2) is 0 Å². The molecule has 0 bridgehead atoms. The molecule has 3 heteroatoms. The second-order valence-corrected chi connectivity index (χ2v) is 4.24. The quantitative estimate of drug-likeness (QED) is 0.563. The van der Waals surface area contributed by atoms with Gasteiger partial charge in [-0.05, 0) is 26.9 Å². The average Bonchev–Trinajstić information content (AvgIpc) is 2.23. The van der Waals surface area contributed by atoms with Crippen molar-refractivity contribution in [2.75, 3.05) is 40.4 Å². The molecule has 0 radical (unpaired) electrons. The Morgan fingerprint density at radius 2 is 2.00 bits per heavy atom. The van der Waals surface area contributed by atoms with Crippen molar-refractivity contribution in [2.24, 2.45) is 0 Å². The number of likely N-dealkylation sites (N-methyl/N-ethyl adjacent to an activating group) is 1. The van der Waals surface area contributed by atoms with Gasteiger partial charge in [0.05, 0.1) is 6.61 Å². The minimum Gasteiger partial charge on any atom is -0.383 e. The molecule has 15 heavy (non-hydrogen) atoms. The molecule has 92 valence electrons. The normalized spacial score (nSPS) is 13.4. The zero-order valence-corrected chi connectivity index (χ0v) is 10.9. The van der Waals surface area contributed by atoms with Gasteiger partial charge in [0.1, 0.15) is 0 Å². The summed E-state index contributed by atoms with van der Waals surface area (Å²) in [6.45, 7) is 8.57. The van der Waals surface area contributed by atoms with E-state index in [0.717, 1.165) is 26.2 Å². The number of rotatable bonds is 10. The maximum atomic E-state index is 5.12. The van der Waals surface area contributed by atoms with Gasteiger partial charge in [0, 0.05) is 26.2 Å². The van der Waals surface area contributed by atoms with E-state index in [1.165, 1.54) is 19.3 Å². The Hall–Kier alpha value is -0.120. The number of nitrogens with one attached hydrogen (secondary N) is 1.